The Bertz CT molecular complexity index is 558. The number of hydrogen-bond donors (Lipinski definition) is 0. The molecule has 0 spiro atoms. The molecule has 0 atom stereocenters. The minimum absolute atomic E-state index is 0.213. The zero-order chi connectivity index (χ0) is 12.4. The van der Waals surface area contributed by atoms with Crippen LogP contribution in [0.3, 0.4) is 0 Å². The highest BCUT2D eigenvalue weighted by Gasteiger charge is 2.28. The zero-order valence-electron chi connectivity index (χ0n) is 8.72. The van der Waals surface area contributed by atoms with Gasteiger partial charge in [0.05, 0.1) is 0 Å². The van der Waals surface area contributed by atoms with Crippen LogP contribution >= 0.6 is 0 Å². The summed E-state index contributed by atoms with van der Waals surface area (Å²) < 4.78 is 1.43. The summed E-state index contributed by atoms with van der Waals surface area (Å²) in [5.41, 5.74) is 0. The second-order valence-corrected chi connectivity index (χ2v) is 2.97. The normalized spacial score (nSPS) is 10.4. The van der Waals surface area contributed by atoms with Crippen molar-refractivity contribution >= 4 is 12.0 Å². The van der Waals surface area contributed by atoms with E-state index in [0.29, 0.717) is 11.1 Å². The number of rotatable bonds is 2. The van der Waals surface area contributed by atoms with Gasteiger partial charge in [0.25, 0.3) is 0 Å². The molecule has 2 rings (SSSR count). The quantitative estimate of drug-likeness (QED) is 0.526. The molecule has 2 aromatic heterocycles. The third-order valence-electron chi connectivity index (χ3n) is 1.91. The Kier molecular flexibility index (Phi) is 2.60. The molecule has 0 bridgehead atoms. The number of aryl methyl sites for hydroxylation is 1. The first-order valence-corrected chi connectivity index (χ1v) is 4.63. The lowest BCUT2D eigenvalue weighted by Gasteiger charge is -1.95. The van der Waals surface area contributed by atoms with Gasteiger partial charge in [-0.3, -0.25) is 0 Å². The Morgan fingerprint density at radius 2 is 2.35 bits per heavy atom. The Morgan fingerprint density at radius 1 is 1.59 bits per heavy atom. The summed E-state index contributed by atoms with van der Waals surface area (Å²) in [5, 5.41) is 18.0. The van der Waals surface area contributed by atoms with Crippen LogP contribution in [-0.2, 0) is 6.42 Å². The molecule has 2 heterocycles. The van der Waals surface area contributed by atoms with Crippen LogP contribution in [0.4, 0.5) is 10.7 Å². The largest absolute Gasteiger partial charge is 0.465 e. The fraction of sp³-hybridized carbons (Fsp3) is 0.286. The number of nitro groups is 1. The molecular formula is C7H7N7O3. The lowest BCUT2D eigenvalue weighted by Crippen LogP contribution is -2.22. The fourth-order valence-electron chi connectivity index (χ4n) is 1.15. The van der Waals surface area contributed by atoms with Crippen molar-refractivity contribution in [1.29, 1.82) is 0 Å². The van der Waals surface area contributed by atoms with E-state index in [1.54, 1.807) is 6.92 Å². The smallest absolute Gasteiger partial charge is 0.390 e. The first kappa shape index (κ1) is 10.9. The van der Waals surface area contributed by atoms with Crippen LogP contribution in [0.5, 0.6) is 0 Å². The Labute approximate surface area is 94.1 Å². The first-order chi connectivity index (χ1) is 8.13. The molecule has 10 heteroatoms. The minimum atomic E-state index is -0.804. The maximum Gasteiger partial charge on any atom is 0.465 e. The lowest BCUT2D eigenvalue weighted by molar-refractivity contribution is -0.395. The average molecular weight is 237 g/mol. The molecule has 0 aliphatic heterocycles. The van der Waals surface area contributed by atoms with E-state index >= 15 is 0 Å². The van der Waals surface area contributed by atoms with Crippen molar-refractivity contribution in [3.63, 3.8) is 0 Å². The van der Waals surface area contributed by atoms with Crippen molar-refractivity contribution < 1.29 is 9.72 Å². The van der Waals surface area contributed by atoms with Crippen LogP contribution in [0.2, 0.25) is 0 Å². The van der Waals surface area contributed by atoms with E-state index in [2.05, 4.69) is 20.2 Å². The Hall–Kier alpha value is -2.65. The van der Waals surface area contributed by atoms with Crippen molar-refractivity contribution in [3.8, 4) is 0 Å². The summed E-state index contributed by atoms with van der Waals surface area (Å²) in [7, 11) is 0. The molecule has 0 aliphatic carbocycles. The van der Waals surface area contributed by atoms with Crippen LogP contribution in [0.1, 0.15) is 12.7 Å². The molecule has 0 saturated heterocycles. The highest BCUT2D eigenvalue weighted by molar-refractivity contribution is 5.78. The van der Waals surface area contributed by atoms with Crippen LogP contribution in [0.25, 0.3) is 0 Å². The predicted octanol–water partition coefficient (Wildman–Crippen LogP) is -0.143. The van der Waals surface area contributed by atoms with Crippen molar-refractivity contribution in [2.75, 3.05) is 0 Å². The fourth-order valence-corrected chi connectivity index (χ4v) is 1.15. The van der Waals surface area contributed by atoms with E-state index in [-0.39, 0.29) is 5.82 Å². The summed E-state index contributed by atoms with van der Waals surface area (Å²) >= 11 is 0. The summed E-state index contributed by atoms with van der Waals surface area (Å²) in [5.74, 6) is -0.424. The van der Waals surface area contributed by atoms with Crippen molar-refractivity contribution in [2.45, 2.75) is 13.3 Å². The van der Waals surface area contributed by atoms with Crippen LogP contribution in [0.15, 0.2) is 12.7 Å². The van der Waals surface area contributed by atoms with E-state index in [0.717, 1.165) is 17.3 Å². The van der Waals surface area contributed by atoms with Gasteiger partial charge in [-0.2, -0.15) is 4.68 Å². The van der Waals surface area contributed by atoms with Gasteiger partial charge in [0, 0.05) is 6.42 Å². The standard InChI is InChI=1S/C7H7N7O3/c1-2-5-10-6(14(16)17)13(11-5)7(15)12-4-8-3-9-12/h3-4H,2H2,1H3. The third kappa shape index (κ3) is 1.87. The van der Waals surface area contributed by atoms with Gasteiger partial charge >= 0.3 is 12.0 Å². The van der Waals surface area contributed by atoms with E-state index in [9.17, 15) is 14.9 Å². The molecule has 0 amide bonds. The number of hydrogen-bond acceptors (Lipinski definition) is 7. The molecule has 2 aromatic rings. The van der Waals surface area contributed by atoms with Crippen molar-refractivity contribution in [2.24, 2.45) is 0 Å². The van der Waals surface area contributed by atoms with Gasteiger partial charge in [0.15, 0.2) is 0 Å². The Morgan fingerprint density at radius 3 is 2.88 bits per heavy atom. The average Bonchev–Trinajstić information content (AvgIpc) is 2.97. The van der Waals surface area contributed by atoms with E-state index in [1.807, 2.05) is 0 Å². The second-order valence-electron chi connectivity index (χ2n) is 2.97. The highest BCUT2D eigenvalue weighted by Crippen LogP contribution is 2.09. The molecule has 0 saturated carbocycles. The molecule has 0 N–H and O–H groups in total. The SMILES string of the molecule is CCc1nc([N+](=O)[O-])n(C(=O)n2cncn2)n1. The van der Waals surface area contributed by atoms with Gasteiger partial charge in [-0.25, -0.2) is 9.78 Å². The second kappa shape index (κ2) is 4.08. The van der Waals surface area contributed by atoms with E-state index < -0.39 is 16.9 Å². The monoisotopic (exact) mass is 237 g/mol. The first-order valence-electron chi connectivity index (χ1n) is 4.63. The number of aromatic nitrogens is 6. The molecule has 0 aliphatic rings. The van der Waals surface area contributed by atoms with Crippen LogP contribution < -0.4 is 0 Å². The molecule has 88 valence electrons. The number of nitrogens with zero attached hydrogens (tertiary/aromatic N) is 7. The molecule has 0 aromatic carbocycles. The molecule has 10 nitrogen and oxygen atoms in total. The number of carbonyl (C=O) groups excluding carboxylic acids is 1. The van der Waals surface area contributed by atoms with E-state index in [4.69, 9.17) is 0 Å². The maximum absolute atomic E-state index is 11.8. The zero-order valence-corrected chi connectivity index (χ0v) is 8.72. The molecule has 0 fully saturated rings. The van der Waals surface area contributed by atoms with Gasteiger partial charge in [-0.15, -0.1) is 5.10 Å². The summed E-state index contributed by atoms with van der Waals surface area (Å²) in [6, 6.07) is -0.804. The van der Waals surface area contributed by atoms with Crippen LogP contribution in [-0.4, -0.2) is 40.5 Å². The molecule has 17 heavy (non-hydrogen) atoms. The maximum atomic E-state index is 11.8. The number of carbonyl (C=O) groups is 1. The topological polar surface area (TPSA) is 122 Å². The summed E-state index contributed by atoms with van der Waals surface area (Å²) in [6.45, 7) is 1.73. The van der Waals surface area contributed by atoms with Gasteiger partial charge in [-0.05, 0) is 14.6 Å². The third-order valence-corrected chi connectivity index (χ3v) is 1.91. The molecular weight excluding hydrogens is 230 g/mol. The van der Waals surface area contributed by atoms with Crippen molar-refractivity contribution in [3.05, 3.63) is 28.6 Å². The van der Waals surface area contributed by atoms with Crippen LogP contribution in [0, 0.1) is 10.1 Å². The van der Waals surface area contributed by atoms with Gasteiger partial charge in [0.2, 0.25) is 5.82 Å². The van der Waals surface area contributed by atoms with Gasteiger partial charge in [-0.1, -0.05) is 12.0 Å². The minimum Gasteiger partial charge on any atom is -0.390 e. The highest BCUT2D eigenvalue weighted by atomic mass is 16.6. The predicted molar refractivity (Wildman–Crippen MR) is 52.3 cm³/mol. The Balaban J connectivity index is 2.47. The van der Waals surface area contributed by atoms with Gasteiger partial charge < -0.3 is 10.1 Å². The summed E-state index contributed by atoms with van der Waals surface area (Å²) in [6.07, 6.45) is 2.65. The summed E-state index contributed by atoms with van der Waals surface area (Å²) in [4.78, 5) is 28.9. The molecule has 0 unspecified atom stereocenters. The lowest BCUT2D eigenvalue weighted by atomic mass is 10.5. The van der Waals surface area contributed by atoms with Crippen molar-refractivity contribution in [1.82, 2.24) is 29.5 Å². The molecule has 0 radical (unpaired) electrons. The van der Waals surface area contributed by atoms with Gasteiger partial charge in [0.1, 0.15) is 12.7 Å². The van der Waals surface area contributed by atoms with E-state index in [1.165, 1.54) is 0 Å².